The molecule has 3 aliphatic rings. The number of imidazole rings is 1. The predicted octanol–water partition coefficient (Wildman–Crippen LogP) is 1.27. The summed E-state index contributed by atoms with van der Waals surface area (Å²) < 4.78 is 15.7. The minimum Gasteiger partial charge on any atom is -0.371 e. The highest BCUT2D eigenvalue weighted by Crippen LogP contribution is 2.34. The minimum absolute atomic E-state index is 0.00985. The van der Waals surface area contributed by atoms with E-state index in [1.807, 2.05) is 17.9 Å². The highest BCUT2D eigenvalue weighted by atomic mass is 16.6. The van der Waals surface area contributed by atoms with Gasteiger partial charge in [-0.2, -0.15) is 0 Å². The van der Waals surface area contributed by atoms with Gasteiger partial charge in [0.25, 0.3) is 5.91 Å². The van der Waals surface area contributed by atoms with Gasteiger partial charge in [-0.3, -0.25) is 4.79 Å². The fourth-order valence-electron chi connectivity index (χ4n) is 4.86. The van der Waals surface area contributed by atoms with Gasteiger partial charge in [-0.15, -0.1) is 5.10 Å². The van der Waals surface area contributed by atoms with Crippen LogP contribution in [0.1, 0.15) is 54.3 Å². The maximum Gasteiger partial charge on any atom is 0.271 e. The third kappa shape index (κ3) is 3.81. The second-order valence-corrected chi connectivity index (χ2v) is 8.57. The fourth-order valence-corrected chi connectivity index (χ4v) is 4.86. The molecule has 4 atom stereocenters. The van der Waals surface area contributed by atoms with Crippen LogP contribution < -0.4 is 5.32 Å². The number of rotatable bonds is 5. The van der Waals surface area contributed by atoms with Crippen LogP contribution in [0, 0.1) is 5.92 Å². The maximum atomic E-state index is 12.4. The van der Waals surface area contributed by atoms with E-state index in [9.17, 15) is 4.79 Å². The molecule has 0 radical (unpaired) electrons. The topological polar surface area (TPSA) is 96.1 Å². The zero-order valence-electron chi connectivity index (χ0n) is 16.7. The first-order valence-electron chi connectivity index (χ1n) is 10.6. The van der Waals surface area contributed by atoms with Crippen LogP contribution in [0.2, 0.25) is 0 Å². The molecule has 1 amide bonds. The summed E-state index contributed by atoms with van der Waals surface area (Å²) in [5.74, 6) is 0.526. The molecule has 4 unspecified atom stereocenters. The molecular weight excluding hydrogens is 372 g/mol. The van der Waals surface area contributed by atoms with Crippen LogP contribution >= 0.6 is 0 Å². The normalized spacial score (nSPS) is 29.8. The maximum absolute atomic E-state index is 12.4. The van der Waals surface area contributed by atoms with Gasteiger partial charge in [0.1, 0.15) is 23.9 Å². The zero-order chi connectivity index (χ0) is 19.8. The molecule has 4 heterocycles. The molecule has 29 heavy (non-hydrogen) atoms. The van der Waals surface area contributed by atoms with Crippen molar-refractivity contribution in [2.75, 3.05) is 13.2 Å². The molecule has 1 saturated carbocycles. The number of amides is 1. The Balaban J connectivity index is 1.20. The summed E-state index contributed by atoms with van der Waals surface area (Å²) in [4.78, 5) is 16.5. The van der Waals surface area contributed by atoms with Crippen LogP contribution in [0.4, 0.5) is 0 Å². The lowest BCUT2D eigenvalue weighted by Gasteiger charge is -2.20. The number of fused-ring (bicyclic) bond motifs is 1. The van der Waals surface area contributed by atoms with Gasteiger partial charge in [-0.25, -0.2) is 9.67 Å². The highest BCUT2D eigenvalue weighted by Gasteiger charge is 2.49. The van der Waals surface area contributed by atoms with Crippen LogP contribution in [0.25, 0.3) is 0 Å². The van der Waals surface area contributed by atoms with E-state index in [1.54, 1.807) is 17.1 Å². The van der Waals surface area contributed by atoms with Crippen molar-refractivity contribution >= 4 is 5.91 Å². The van der Waals surface area contributed by atoms with E-state index in [1.165, 1.54) is 32.1 Å². The van der Waals surface area contributed by atoms with Gasteiger partial charge in [0, 0.05) is 19.4 Å². The molecule has 9 heteroatoms. The molecule has 0 aromatic carbocycles. The second kappa shape index (κ2) is 7.87. The number of aryl methyl sites for hydroxylation is 1. The van der Waals surface area contributed by atoms with Crippen molar-refractivity contribution in [1.82, 2.24) is 29.9 Å². The molecule has 2 aromatic rings. The lowest BCUT2D eigenvalue weighted by Crippen LogP contribution is -2.44. The van der Waals surface area contributed by atoms with Gasteiger partial charge in [-0.05, 0) is 12.3 Å². The van der Waals surface area contributed by atoms with E-state index in [4.69, 9.17) is 9.47 Å². The third-order valence-electron chi connectivity index (χ3n) is 6.40. The highest BCUT2D eigenvalue weighted by molar-refractivity contribution is 5.92. The molecule has 2 aromatic heterocycles. The summed E-state index contributed by atoms with van der Waals surface area (Å²) in [6, 6.07) is -0.200. The van der Waals surface area contributed by atoms with Gasteiger partial charge in [0.2, 0.25) is 0 Å². The smallest absolute Gasteiger partial charge is 0.271 e. The molecular formula is C20H28N6O3. The Kier molecular flexibility index (Phi) is 5.09. The average Bonchev–Trinajstić information content (AvgIpc) is 3.49. The van der Waals surface area contributed by atoms with Crippen molar-refractivity contribution in [1.29, 1.82) is 0 Å². The lowest BCUT2D eigenvalue weighted by atomic mass is 9.86. The molecule has 2 aliphatic heterocycles. The fraction of sp³-hybridized carbons (Fsp3) is 0.700. The van der Waals surface area contributed by atoms with Crippen LogP contribution in [0.5, 0.6) is 0 Å². The van der Waals surface area contributed by atoms with Gasteiger partial charge in [0.05, 0.1) is 31.3 Å². The van der Waals surface area contributed by atoms with E-state index >= 15 is 0 Å². The van der Waals surface area contributed by atoms with Crippen LogP contribution in [0.15, 0.2) is 18.7 Å². The number of aromatic nitrogens is 5. The molecule has 3 fully saturated rings. The summed E-state index contributed by atoms with van der Waals surface area (Å²) in [6.45, 7) is 0.936. The Morgan fingerprint density at radius 1 is 1.17 bits per heavy atom. The monoisotopic (exact) mass is 400 g/mol. The van der Waals surface area contributed by atoms with E-state index in [2.05, 4.69) is 20.6 Å². The molecule has 1 N–H and O–H groups in total. The second-order valence-electron chi connectivity index (χ2n) is 8.57. The Morgan fingerprint density at radius 2 is 2.00 bits per heavy atom. The van der Waals surface area contributed by atoms with Crippen molar-refractivity contribution in [3.63, 3.8) is 0 Å². The van der Waals surface area contributed by atoms with Gasteiger partial charge >= 0.3 is 0 Å². The number of ether oxygens (including phenoxy) is 2. The molecule has 5 rings (SSSR count). The number of nitrogens with zero attached hydrogens (tertiary/aromatic N) is 5. The number of hydrogen-bond donors (Lipinski definition) is 1. The van der Waals surface area contributed by atoms with Crippen LogP contribution in [-0.4, -0.2) is 61.9 Å². The largest absolute Gasteiger partial charge is 0.371 e. The summed E-state index contributed by atoms with van der Waals surface area (Å²) in [6.07, 6.45) is 12.7. The number of hydrogen-bond acceptors (Lipinski definition) is 6. The summed E-state index contributed by atoms with van der Waals surface area (Å²) in [5, 5.41) is 11.8. The van der Waals surface area contributed by atoms with Crippen LogP contribution in [-0.2, 0) is 22.9 Å². The van der Waals surface area contributed by atoms with Crippen LogP contribution in [0.3, 0.4) is 0 Å². The summed E-state index contributed by atoms with van der Waals surface area (Å²) >= 11 is 0. The first-order valence-corrected chi connectivity index (χ1v) is 10.6. The Morgan fingerprint density at radius 3 is 2.79 bits per heavy atom. The molecule has 156 valence electrons. The Hall–Kier alpha value is -2.26. The lowest BCUT2D eigenvalue weighted by molar-refractivity contribution is 0.0613. The molecule has 0 spiro atoms. The van der Waals surface area contributed by atoms with Crippen molar-refractivity contribution in [2.45, 2.75) is 62.8 Å². The van der Waals surface area contributed by atoms with Gasteiger partial charge < -0.3 is 19.4 Å². The van der Waals surface area contributed by atoms with Gasteiger partial charge in [0.15, 0.2) is 0 Å². The number of nitrogens with one attached hydrogen (secondary N) is 1. The average molecular weight is 400 g/mol. The SMILES string of the molecule is Cn1cnc(C(=O)NC2COC3C2OCC3n2cc(CC3CCCCC3)nn2)c1. The molecule has 0 bridgehead atoms. The minimum atomic E-state index is -0.206. The van der Waals surface area contributed by atoms with Crippen molar-refractivity contribution in [3.05, 3.63) is 30.1 Å². The zero-order valence-corrected chi connectivity index (χ0v) is 16.7. The predicted molar refractivity (Wildman–Crippen MR) is 103 cm³/mol. The quantitative estimate of drug-likeness (QED) is 0.812. The Bertz CT molecular complexity index is 858. The van der Waals surface area contributed by atoms with Crippen molar-refractivity contribution in [3.8, 4) is 0 Å². The number of carbonyl (C=O) groups excluding carboxylic acids is 1. The van der Waals surface area contributed by atoms with Crippen molar-refractivity contribution in [2.24, 2.45) is 13.0 Å². The third-order valence-corrected chi connectivity index (χ3v) is 6.40. The van der Waals surface area contributed by atoms with E-state index in [-0.39, 0.29) is 30.2 Å². The van der Waals surface area contributed by atoms with E-state index in [0.717, 1.165) is 18.0 Å². The molecule has 9 nitrogen and oxygen atoms in total. The van der Waals surface area contributed by atoms with E-state index < -0.39 is 0 Å². The summed E-state index contributed by atoms with van der Waals surface area (Å²) in [7, 11) is 1.84. The first kappa shape index (κ1) is 18.7. The molecule has 2 saturated heterocycles. The van der Waals surface area contributed by atoms with Gasteiger partial charge in [-0.1, -0.05) is 37.3 Å². The molecule has 1 aliphatic carbocycles. The summed E-state index contributed by atoms with van der Waals surface area (Å²) in [5.41, 5.74) is 1.45. The standard InChI is InChI=1S/C20H28N6O3/c1-25-9-15(21-12-25)20(27)22-16-10-28-19-17(11-29-18(16)19)26-8-14(23-24-26)7-13-5-3-2-4-6-13/h8-9,12-13,16-19H,2-7,10-11H2,1H3,(H,22,27). The van der Waals surface area contributed by atoms with Crippen molar-refractivity contribution < 1.29 is 14.3 Å². The Labute approximate surface area is 169 Å². The van der Waals surface area contributed by atoms with E-state index in [0.29, 0.717) is 18.9 Å². The number of carbonyl (C=O) groups is 1. The first-order chi connectivity index (χ1) is 14.2.